The minimum atomic E-state index is -0.135. The van der Waals surface area contributed by atoms with Crippen molar-refractivity contribution < 1.29 is 4.79 Å². The van der Waals surface area contributed by atoms with E-state index in [0.29, 0.717) is 15.7 Å². The highest BCUT2D eigenvalue weighted by Gasteiger charge is 2.15. The van der Waals surface area contributed by atoms with Gasteiger partial charge in [-0.15, -0.1) is 0 Å². The number of H-pyrrole nitrogens is 1. The number of nitrogens with one attached hydrogen (secondary N) is 2. The van der Waals surface area contributed by atoms with Crippen molar-refractivity contribution in [3.05, 3.63) is 33.9 Å². The summed E-state index contributed by atoms with van der Waals surface area (Å²) in [5.41, 5.74) is 4.34. The molecule has 1 heterocycles. The van der Waals surface area contributed by atoms with Crippen molar-refractivity contribution in [2.24, 2.45) is 0 Å². The van der Waals surface area contributed by atoms with Gasteiger partial charge in [0.25, 0.3) is 5.91 Å². The van der Waals surface area contributed by atoms with Gasteiger partial charge in [-0.1, -0.05) is 75.6 Å². The van der Waals surface area contributed by atoms with Crippen LogP contribution >= 0.6 is 23.2 Å². The van der Waals surface area contributed by atoms with Crippen LogP contribution in [0.1, 0.15) is 75.7 Å². The number of aromatic nitrogens is 1. The Balaban J connectivity index is 2.00. The van der Waals surface area contributed by atoms with Crippen molar-refractivity contribution in [3.63, 3.8) is 0 Å². The lowest BCUT2D eigenvalue weighted by atomic mass is 10.2. The second-order valence-corrected chi connectivity index (χ2v) is 7.92. The highest BCUT2D eigenvalue weighted by molar-refractivity contribution is 6.38. The van der Waals surface area contributed by atoms with Gasteiger partial charge < -0.3 is 4.98 Å². The van der Waals surface area contributed by atoms with Crippen molar-refractivity contribution in [2.45, 2.75) is 65.2 Å². The molecule has 4 nitrogen and oxygen atoms in total. The Morgan fingerprint density at radius 2 is 1.59 bits per heavy atom. The van der Waals surface area contributed by atoms with Crippen molar-refractivity contribution in [3.8, 4) is 0 Å². The van der Waals surface area contributed by atoms with E-state index in [9.17, 15) is 4.79 Å². The number of fused-ring (bicyclic) bond motifs is 1. The van der Waals surface area contributed by atoms with Crippen molar-refractivity contribution in [1.82, 2.24) is 15.4 Å². The first-order chi connectivity index (χ1) is 13.0. The van der Waals surface area contributed by atoms with Crippen LogP contribution in [0.5, 0.6) is 0 Å². The molecule has 0 spiro atoms. The molecule has 0 atom stereocenters. The molecule has 2 rings (SSSR count). The monoisotopic (exact) mass is 411 g/mol. The van der Waals surface area contributed by atoms with Gasteiger partial charge in [-0.3, -0.25) is 10.2 Å². The summed E-state index contributed by atoms with van der Waals surface area (Å²) in [5.74, 6) is -0.135. The molecule has 27 heavy (non-hydrogen) atoms. The molecule has 0 unspecified atom stereocenters. The molecule has 0 saturated heterocycles. The maximum atomic E-state index is 12.7. The molecule has 6 heteroatoms. The summed E-state index contributed by atoms with van der Waals surface area (Å²) < 4.78 is 0. The van der Waals surface area contributed by atoms with Crippen LogP contribution in [0.25, 0.3) is 10.9 Å². The van der Waals surface area contributed by atoms with Crippen LogP contribution < -0.4 is 5.43 Å². The minimum Gasteiger partial charge on any atom is -0.350 e. The van der Waals surface area contributed by atoms with Gasteiger partial charge in [0.2, 0.25) is 0 Å². The van der Waals surface area contributed by atoms with E-state index >= 15 is 0 Å². The molecule has 0 bridgehead atoms. The molecular weight excluding hydrogens is 381 g/mol. The zero-order valence-electron chi connectivity index (χ0n) is 16.4. The lowest BCUT2D eigenvalue weighted by molar-refractivity contribution is 0.0776. The van der Waals surface area contributed by atoms with Crippen LogP contribution in [-0.2, 0) is 0 Å². The van der Waals surface area contributed by atoms with Gasteiger partial charge in [0.05, 0.1) is 5.02 Å². The third kappa shape index (κ3) is 7.02. The molecule has 0 aliphatic rings. The number of halogens is 2. The number of hydrogen-bond donors (Lipinski definition) is 2. The minimum absolute atomic E-state index is 0.135. The maximum absolute atomic E-state index is 12.7. The van der Waals surface area contributed by atoms with Crippen LogP contribution in [-0.4, -0.2) is 29.0 Å². The van der Waals surface area contributed by atoms with Gasteiger partial charge in [0, 0.05) is 29.0 Å². The van der Waals surface area contributed by atoms with E-state index in [0.717, 1.165) is 36.8 Å². The van der Waals surface area contributed by atoms with E-state index in [1.54, 1.807) is 18.2 Å². The summed E-state index contributed by atoms with van der Waals surface area (Å²) in [7, 11) is 0. The van der Waals surface area contributed by atoms with Gasteiger partial charge in [-0.25, -0.2) is 5.01 Å². The Morgan fingerprint density at radius 3 is 2.19 bits per heavy atom. The highest BCUT2D eigenvalue weighted by atomic mass is 35.5. The number of carbonyl (C=O) groups excluding carboxylic acids is 1. The molecule has 1 aromatic heterocycles. The topological polar surface area (TPSA) is 48.1 Å². The number of carbonyl (C=O) groups is 1. The molecule has 2 aromatic rings. The first-order valence-corrected chi connectivity index (χ1v) is 10.8. The Hall–Kier alpha value is -1.23. The second kappa shape index (κ2) is 11.6. The van der Waals surface area contributed by atoms with E-state index in [1.165, 1.54) is 38.5 Å². The van der Waals surface area contributed by atoms with Crippen LogP contribution in [0.2, 0.25) is 10.0 Å². The van der Waals surface area contributed by atoms with E-state index in [1.807, 2.05) is 0 Å². The maximum Gasteiger partial charge on any atom is 0.282 e. The standard InChI is InChI=1S/C21H31Cl2N3O/c1-3-5-7-9-11-26(12-10-8-6-4-2)25-21(27)20-15-17-18(23)13-16(22)14-19(17)24-20/h13-15,24H,3-12H2,1-2H3,(H,25,27). The van der Waals surface area contributed by atoms with Gasteiger partial charge in [0.15, 0.2) is 0 Å². The number of rotatable bonds is 12. The van der Waals surface area contributed by atoms with Crippen LogP contribution in [0.15, 0.2) is 18.2 Å². The molecule has 0 aliphatic carbocycles. The Morgan fingerprint density at radius 1 is 0.963 bits per heavy atom. The Labute approximate surface area is 172 Å². The van der Waals surface area contributed by atoms with E-state index < -0.39 is 0 Å². The number of aromatic amines is 1. The van der Waals surface area contributed by atoms with E-state index in [-0.39, 0.29) is 5.91 Å². The predicted molar refractivity (Wildman–Crippen MR) is 116 cm³/mol. The molecule has 1 aromatic carbocycles. The molecule has 0 radical (unpaired) electrons. The number of benzene rings is 1. The smallest absolute Gasteiger partial charge is 0.282 e. The molecule has 1 amide bonds. The number of nitrogens with zero attached hydrogens (tertiary/aromatic N) is 1. The summed E-state index contributed by atoms with van der Waals surface area (Å²) >= 11 is 12.3. The molecule has 0 aliphatic heterocycles. The first-order valence-electron chi connectivity index (χ1n) is 10.1. The summed E-state index contributed by atoms with van der Waals surface area (Å²) in [6, 6.07) is 5.26. The molecule has 150 valence electrons. The first kappa shape index (κ1) is 22.1. The number of amides is 1. The summed E-state index contributed by atoms with van der Waals surface area (Å²) in [6.45, 7) is 6.17. The molecule has 0 saturated carbocycles. The predicted octanol–water partition coefficient (Wildman–Crippen LogP) is 6.58. The van der Waals surface area contributed by atoms with Gasteiger partial charge in [-0.2, -0.15) is 0 Å². The number of hydrazine groups is 1. The van der Waals surface area contributed by atoms with Gasteiger partial charge in [0.1, 0.15) is 5.69 Å². The van der Waals surface area contributed by atoms with E-state index in [4.69, 9.17) is 23.2 Å². The zero-order valence-corrected chi connectivity index (χ0v) is 17.9. The van der Waals surface area contributed by atoms with Crippen molar-refractivity contribution >= 4 is 40.0 Å². The van der Waals surface area contributed by atoms with Gasteiger partial charge in [-0.05, 0) is 31.0 Å². The average Bonchev–Trinajstić information content (AvgIpc) is 3.06. The zero-order chi connectivity index (χ0) is 19.6. The quantitative estimate of drug-likeness (QED) is 0.305. The molecule has 0 fully saturated rings. The fourth-order valence-electron chi connectivity index (χ4n) is 3.17. The Bertz CT molecular complexity index is 718. The third-order valence-electron chi connectivity index (χ3n) is 4.72. The number of hydrogen-bond acceptors (Lipinski definition) is 2. The SMILES string of the molecule is CCCCCCN(CCCCCC)NC(=O)c1cc2c(Cl)cc(Cl)cc2[nH]1. The largest absolute Gasteiger partial charge is 0.350 e. The molecular formula is C21H31Cl2N3O. The summed E-state index contributed by atoms with van der Waals surface area (Å²) in [6.07, 6.45) is 9.46. The molecule has 2 N–H and O–H groups in total. The van der Waals surface area contributed by atoms with Gasteiger partial charge >= 0.3 is 0 Å². The van der Waals surface area contributed by atoms with Crippen LogP contribution in [0, 0.1) is 0 Å². The normalized spacial score (nSPS) is 11.4. The summed E-state index contributed by atoms with van der Waals surface area (Å²) in [5, 5.41) is 3.97. The lowest BCUT2D eigenvalue weighted by Gasteiger charge is -2.23. The fourth-order valence-corrected chi connectivity index (χ4v) is 3.72. The van der Waals surface area contributed by atoms with Crippen molar-refractivity contribution in [2.75, 3.05) is 13.1 Å². The van der Waals surface area contributed by atoms with Crippen LogP contribution in [0.3, 0.4) is 0 Å². The van der Waals surface area contributed by atoms with E-state index in [2.05, 4.69) is 29.3 Å². The van der Waals surface area contributed by atoms with Crippen LogP contribution in [0.4, 0.5) is 0 Å². The highest BCUT2D eigenvalue weighted by Crippen LogP contribution is 2.28. The van der Waals surface area contributed by atoms with Crippen molar-refractivity contribution in [1.29, 1.82) is 0 Å². The Kier molecular flexibility index (Phi) is 9.46. The average molecular weight is 412 g/mol. The number of unbranched alkanes of at least 4 members (excludes halogenated alkanes) is 6. The summed E-state index contributed by atoms with van der Waals surface area (Å²) in [4.78, 5) is 15.9. The third-order valence-corrected chi connectivity index (χ3v) is 5.25. The second-order valence-electron chi connectivity index (χ2n) is 7.08. The lowest BCUT2D eigenvalue weighted by Crippen LogP contribution is -2.43. The fraction of sp³-hybridized carbons (Fsp3) is 0.571.